The number of sulfone groups is 1. The van der Waals surface area contributed by atoms with E-state index in [2.05, 4.69) is 5.32 Å². The number of carbonyl (C=O) groups is 2. The van der Waals surface area contributed by atoms with Gasteiger partial charge in [0.1, 0.15) is 0 Å². The van der Waals surface area contributed by atoms with Crippen LogP contribution in [0.3, 0.4) is 0 Å². The van der Waals surface area contributed by atoms with E-state index in [0.717, 1.165) is 12.7 Å². The Labute approximate surface area is 156 Å². The first-order valence-corrected chi connectivity index (χ1v) is 10.2. The topological polar surface area (TPSA) is 83.6 Å². The Balaban J connectivity index is 1.87. The van der Waals surface area contributed by atoms with Gasteiger partial charge < -0.3 is 10.2 Å². The highest BCUT2D eigenvalue weighted by atomic mass is 35.5. The predicted molar refractivity (Wildman–Crippen MR) is 101 cm³/mol. The fraction of sp³-hybridized carbons (Fsp3) is 0.222. The monoisotopic (exact) mass is 392 g/mol. The molecule has 0 atom stereocenters. The summed E-state index contributed by atoms with van der Waals surface area (Å²) in [6.45, 7) is 0.629. The Morgan fingerprint density at radius 2 is 1.96 bits per heavy atom. The number of benzene rings is 2. The van der Waals surface area contributed by atoms with Crippen molar-refractivity contribution in [3.05, 3.63) is 53.1 Å². The van der Waals surface area contributed by atoms with Gasteiger partial charge in [-0.05, 0) is 42.8 Å². The summed E-state index contributed by atoms with van der Waals surface area (Å²) >= 11 is 6.16. The van der Waals surface area contributed by atoms with Gasteiger partial charge in [-0.25, -0.2) is 8.42 Å². The van der Waals surface area contributed by atoms with Crippen LogP contribution in [-0.4, -0.2) is 33.0 Å². The van der Waals surface area contributed by atoms with E-state index in [1.807, 2.05) is 0 Å². The van der Waals surface area contributed by atoms with Crippen molar-refractivity contribution in [2.75, 3.05) is 23.0 Å². The Kier molecular flexibility index (Phi) is 5.02. The number of nitrogens with one attached hydrogen (secondary N) is 1. The third-order valence-electron chi connectivity index (χ3n) is 4.11. The van der Waals surface area contributed by atoms with Gasteiger partial charge in [-0.3, -0.25) is 9.59 Å². The molecule has 0 aliphatic carbocycles. The van der Waals surface area contributed by atoms with Crippen molar-refractivity contribution in [1.29, 1.82) is 0 Å². The molecule has 2 aromatic rings. The lowest BCUT2D eigenvalue weighted by Crippen LogP contribution is -2.23. The van der Waals surface area contributed by atoms with Gasteiger partial charge in [-0.15, -0.1) is 0 Å². The number of hydrogen-bond acceptors (Lipinski definition) is 4. The minimum Gasteiger partial charge on any atom is -0.321 e. The summed E-state index contributed by atoms with van der Waals surface area (Å²) in [5.41, 5.74) is 1.22. The lowest BCUT2D eigenvalue weighted by atomic mass is 10.2. The number of amides is 2. The fourth-order valence-electron chi connectivity index (χ4n) is 2.76. The van der Waals surface area contributed by atoms with E-state index in [1.54, 1.807) is 23.1 Å². The average Bonchev–Trinajstić information content (AvgIpc) is 3.02. The molecule has 0 radical (unpaired) electrons. The van der Waals surface area contributed by atoms with E-state index >= 15 is 0 Å². The molecule has 8 heteroatoms. The number of rotatable bonds is 4. The van der Waals surface area contributed by atoms with Crippen LogP contribution in [0.25, 0.3) is 0 Å². The summed E-state index contributed by atoms with van der Waals surface area (Å²) in [5, 5.41) is 3.01. The highest BCUT2D eigenvalue weighted by molar-refractivity contribution is 7.90. The Hall–Kier alpha value is -2.38. The first kappa shape index (κ1) is 18.4. The lowest BCUT2D eigenvalue weighted by molar-refractivity contribution is -0.117. The molecule has 1 aliphatic rings. The van der Waals surface area contributed by atoms with Crippen molar-refractivity contribution in [3.63, 3.8) is 0 Å². The summed E-state index contributed by atoms with van der Waals surface area (Å²) in [4.78, 5) is 26.1. The summed E-state index contributed by atoms with van der Waals surface area (Å²) in [6, 6.07) is 10.8. The molecule has 136 valence electrons. The maximum Gasteiger partial charge on any atom is 0.255 e. The number of carbonyl (C=O) groups excluding carboxylic acids is 2. The SMILES string of the molecule is CS(=O)(=O)c1cccc(C(=O)Nc2cc(N3CCCC3=O)ccc2Cl)c1. The van der Waals surface area contributed by atoms with Crippen LogP contribution < -0.4 is 10.2 Å². The fourth-order valence-corrected chi connectivity index (χ4v) is 3.59. The minimum absolute atomic E-state index is 0.0328. The maximum absolute atomic E-state index is 12.5. The van der Waals surface area contributed by atoms with Gasteiger partial charge in [0.05, 0.1) is 15.6 Å². The van der Waals surface area contributed by atoms with Crippen molar-refractivity contribution < 1.29 is 18.0 Å². The van der Waals surface area contributed by atoms with Crippen LogP contribution in [0.1, 0.15) is 23.2 Å². The zero-order valence-electron chi connectivity index (χ0n) is 14.0. The molecule has 2 aromatic carbocycles. The molecule has 2 amide bonds. The van der Waals surface area contributed by atoms with Gasteiger partial charge in [0.15, 0.2) is 9.84 Å². The second-order valence-electron chi connectivity index (χ2n) is 6.07. The van der Waals surface area contributed by atoms with Crippen LogP contribution in [-0.2, 0) is 14.6 Å². The van der Waals surface area contributed by atoms with Gasteiger partial charge in [0.25, 0.3) is 5.91 Å². The van der Waals surface area contributed by atoms with Crippen LogP contribution in [0.15, 0.2) is 47.4 Å². The Morgan fingerprint density at radius 1 is 1.19 bits per heavy atom. The molecule has 1 aliphatic heterocycles. The molecule has 1 N–H and O–H groups in total. The van der Waals surface area contributed by atoms with Gasteiger partial charge in [0.2, 0.25) is 5.91 Å². The van der Waals surface area contributed by atoms with Gasteiger partial charge in [-0.1, -0.05) is 17.7 Å². The molecule has 0 bridgehead atoms. The molecule has 26 heavy (non-hydrogen) atoms. The van der Waals surface area contributed by atoms with Crippen molar-refractivity contribution in [3.8, 4) is 0 Å². The highest BCUT2D eigenvalue weighted by Crippen LogP contribution is 2.30. The van der Waals surface area contributed by atoms with E-state index in [9.17, 15) is 18.0 Å². The smallest absolute Gasteiger partial charge is 0.255 e. The maximum atomic E-state index is 12.5. The molecule has 0 saturated carbocycles. The molecule has 3 rings (SSSR count). The van der Waals surface area contributed by atoms with Crippen LogP contribution in [0.4, 0.5) is 11.4 Å². The zero-order valence-corrected chi connectivity index (χ0v) is 15.6. The number of hydrogen-bond donors (Lipinski definition) is 1. The van der Waals surface area contributed by atoms with Gasteiger partial charge in [0, 0.05) is 30.5 Å². The van der Waals surface area contributed by atoms with Crippen LogP contribution in [0.2, 0.25) is 5.02 Å². The second kappa shape index (κ2) is 7.09. The molecular weight excluding hydrogens is 376 g/mol. The largest absolute Gasteiger partial charge is 0.321 e. The highest BCUT2D eigenvalue weighted by Gasteiger charge is 2.22. The van der Waals surface area contributed by atoms with Crippen LogP contribution in [0.5, 0.6) is 0 Å². The number of anilines is 2. The first-order chi connectivity index (χ1) is 12.3. The van der Waals surface area contributed by atoms with Gasteiger partial charge >= 0.3 is 0 Å². The molecule has 6 nitrogen and oxygen atoms in total. The standard InChI is InChI=1S/C18H17ClN2O4S/c1-26(24,25)14-5-2-4-12(10-14)18(23)20-16-11-13(7-8-15(16)19)21-9-3-6-17(21)22/h2,4-5,7-8,10-11H,3,6,9H2,1H3,(H,20,23). The Morgan fingerprint density at radius 3 is 2.62 bits per heavy atom. The molecule has 1 saturated heterocycles. The van der Waals surface area contributed by atoms with Gasteiger partial charge in [-0.2, -0.15) is 0 Å². The third kappa shape index (κ3) is 3.89. The molecule has 0 unspecified atom stereocenters. The van der Waals surface area contributed by atoms with E-state index in [0.29, 0.717) is 29.4 Å². The summed E-state index contributed by atoms with van der Waals surface area (Å²) < 4.78 is 23.3. The van der Waals surface area contributed by atoms with E-state index in [4.69, 9.17) is 11.6 Å². The zero-order chi connectivity index (χ0) is 18.9. The van der Waals surface area contributed by atoms with Crippen LogP contribution in [0, 0.1) is 0 Å². The summed E-state index contributed by atoms with van der Waals surface area (Å²) in [7, 11) is -3.41. The molecule has 0 aromatic heterocycles. The molecule has 0 spiro atoms. The van der Waals surface area contributed by atoms with Crippen molar-refractivity contribution in [2.24, 2.45) is 0 Å². The van der Waals surface area contributed by atoms with Crippen LogP contribution >= 0.6 is 11.6 Å². The predicted octanol–water partition coefficient (Wildman–Crippen LogP) is 3.12. The van der Waals surface area contributed by atoms with E-state index < -0.39 is 15.7 Å². The van der Waals surface area contributed by atoms with Crippen molar-refractivity contribution in [2.45, 2.75) is 17.7 Å². The number of halogens is 1. The molecule has 1 heterocycles. The van der Waals surface area contributed by atoms with Crippen molar-refractivity contribution >= 4 is 44.6 Å². The Bertz CT molecular complexity index is 988. The van der Waals surface area contributed by atoms with Crippen molar-refractivity contribution in [1.82, 2.24) is 0 Å². The second-order valence-corrected chi connectivity index (χ2v) is 8.49. The quantitative estimate of drug-likeness (QED) is 0.866. The van der Waals surface area contributed by atoms with E-state index in [1.165, 1.54) is 24.3 Å². The number of nitrogens with zero attached hydrogens (tertiary/aromatic N) is 1. The average molecular weight is 393 g/mol. The minimum atomic E-state index is -3.41. The normalized spacial score (nSPS) is 14.5. The molecular formula is C18H17ClN2O4S. The lowest BCUT2D eigenvalue weighted by Gasteiger charge is -2.17. The third-order valence-corrected chi connectivity index (χ3v) is 5.55. The van der Waals surface area contributed by atoms with E-state index in [-0.39, 0.29) is 16.4 Å². The molecule has 1 fully saturated rings. The summed E-state index contributed by atoms with van der Waals surface area (Å²) in [6.07, 6.45) is 2.38. The summed E-state index contributed by atoms with van der Waals surface area (Å²) in [5.74, 6) is -0.451. The first-order valence-electron chi connectivity index (χ1n) is 7.97.